The average molecular weight is 335 g/mol. The number of phosphoric acid groups is 1. The zero-order valence-electron chi connectivity index (χ0n) is 12.0. The molecule has 1 rings (SSSR count). The number of carbonyl (C=O) groups is 3. The second kappa shape index (κ2) is 7.01. The van der Waals surface area contributed by atoms with E-state index in [4.69, 9.17) is 15.5 Å². The van der Waals surface area contributed by atoms with Crippen LogP contribution in [0.5, 0.6) is 0 Å². The molecule has 0 unspecified atom stereocenters. The fourth-order valence-corrected chi connectivity index (χ4v) is 2.61. The molecule has 1 aliphatic heterocycles. The molecular formula is C11H18N3O7P. The molecule has 0 aromatic heterocycles. The van der Waals surface area contributed by atoms with Crippen molar-refractivity contribution in [1.82, 2.24) is 10.2 Å². The lowest BCUT2D eigenvalue weighted by atomic mass is 10.1. The zero-order valence-corrected chi connectivity index (χ0v) is 12.9. The summed E-state index contributed by atoms with van der Waals surface area (Å²) in [6.07, 6.45) is 1.66. The van der Waals surface area contributed by atoms with Crippen molar-refractivity contribution in [2.24, 2.45) is 5.73 Å². The minimum absolute atomic E-state index is 0.0884. The van der Waals surface area contributed by atoms with Gasteiger partial charge in [-0.2, -0.15) is 0 Å². The monoisotopic (exact) mass is 335 g/mol. The van der Waals surface area contributed by atoms with Crippen LogP contribution < -0.4 is 11.1 Å². The van der Waals surface area contributed by atoms with Crippen molar-refractivity contribution >= 4 is 25.5 Å². The molecule has 0 radical (unpaired) electrons. The lowest BCUT2D eigenvalue weighted by Crippen LogP contribution is -2.56. The molecule has 124 valence electrons. The molecule has 0 aromatic carbocycles. The van der Waals surface area contributed by atoms with Gasteiger partial charge in [0.2, 0.25) is 17.7 Å². The van der Waals surface area contributed by atoms with Crippen molar-refractivity contribution in [3.8, 4) is 0 Å². The van der Waals surface area contributed by atoms with Crippen LogP contribution in [0.4, 0.5) is 0 Å². The summed E-state index contributed by atoms with van der Waals surface area (Å²) in [5.74, 6) is -2.08. The quantitative estimate of drug-likeness (QED) is 0.330. The molecule has 1 aliphatic rings. The minimum Gasteiger partial charge on any atom is -0.368 e. The van der Waals surface area contributed by atoms with Crippen molar-refractivity contribution in [1.29, 1.82) is 0 Å². The van der Waals surface area contributed by atoms with E-state index in [-0.39, 0.29) is 6.54 Å². The number of amides is 3. The number of rotatable bonds is 6. The molecule has 0 bridgehead atoms. The van der Waals surface area contributed by atoms with Crippen molar-refractivity contribution < 1.29 is 33.3 Å². The Labute approximate surface area is 126 Å². The summed E-state index contributed by atoms with van der Waals surface area (Å²) in [6.45, 7) is 2.45. The van der Waals surface area contributed by atoms with Gasteiger partial charge in [-0.3, -0.25) is 18.9 Å². The molecule has 22 heavy (non-hydrogen) atoms. The number of nitrogens with zero attached hydrogens (tertiary/aromatic N) is 1. The fraction of sp³-hybridized carbons (Fsp3) is 0.545. The number of nitrogens with one attached hydrogen (secondary N) is 1. The van der Waals surface area contributed by atoms with E-state index < -0.39 is 43.7 Å². The van der Waals surface area contributed by atoms with Crippen LogP contribution in [0, 0.1) is 0 Å². The number of phosphoric ester groups is 1. The third kappa shape index (κ3) is 4.92. The highest BCUT2D eigenvalue weighted by Gasteiger charge is 2.38. The highest BCUT2D eigenvalue weighted by Crippen LogP contribution is 2.38. The first kappa shape index (κ1) is 18.3. The number of hydrogen-bond acceptors (Lipinski definition) is 5. The van der Waals surface area contributed by atoms with E-state index in [0.717, 1.165) is 11.8 Å². The summed E-state index contributed by atoms with van der Waals surface area (Å²) >= 11 is 0. The molecule has 0 saturated heterocycles. The van der Waals surface area contributed by atoms with Crippen molar-refractivity contribution in [2.45, 2.75) is 32.0 Å². The molecule has 0 spiro atoms. The van der Waals surface area contributed by atoms with Crippen LogP contribution in [0.3, 0.4) is 0 Å². The Kier molecular flexibility index (Phi) is 5.84. The second-order valence-electron chi connectivity index (χ2n) is 4.75. The predicted octanol–water partition coefficient (Wildman–Crippen LogP) is -1.76. The van der Waals surface area contributed by atoms with Gasteiger partial charge in [-0.05, 0) is 6.92 Å². The van der Waals surface area contributed by atoms with Gasteiger partial charge in [0.1, 0.15) is 12.1 Å². The van der Waals surface area contributed by atoms with Crippen LogP contribution in [0.1, 0.15) is 13.8 Å². The van der Waals surface area contributed by atoms with E-state index in [9.17, 15) is 18.9 Å². The smallest absolute Gasteiger partial charge is 0.368 e. The summed E-state index contributed by atoms with van der Waals surface area (Å²) in [7, 11) is -4.85. The summed E-state index contributed by atoms with van der Waals surface area (Å²) in [4.78, 5) is 53.7. The van der Waals surface area contributed by atoms with Crippen molar-refractivity contribution in [3.05, 3.63) is 12.2 Å². The molecule has 5 N–H and O–H groups in total. The maximum absolute atomic E-state index is 12.5. The number of hydrogen-bond donors (Lipinski definition) is 4. The van der Waals surface area contributed by atoms with Gasteiger partial charge in [0.15, 0.2) is 0 Å². The summed E-state index contributed by atoms with van der Waals surface area (Å²) in [5, 5.41) is 2.26. The maximum Gasteiger partial charge on any atom is 0.469 e. The van der Waals surface area contributed by atoms with Gasteiger partial charge in [0, 0.05) is 13.5 Å². The molecule has 3 atom stereocenters. The van der Waals surface area contributed by atoms with Gasteiger partial charge in [-0.25, -0.2) is 4.57 Å². The van der Waals surface area contributed by atoms with Crippen LogP contribution in [0.25, 0.3) is 0 Å². The first-order valence-corrected chi connectivity index (χ1v) is 7.83. The number of carbonyl (C=O) groups excluding carboxylic acids is 3. The third-order valence-electron chi connectivity index (χ3n) is 2.93. The van der Waals surface area contributed by atoms with Crippen LogP contribution in [0.15, 0.2) is 12.2 Å². The molecule has 3 amide bonds. The van der Waals surface area contributed by atoms with E-state index in [2.05, 4.69) is 9.84 Å². The SMILES string of the molecule is CC(=O)N[C@H](C(=O)N1CC=C[C@H]1C(N)=O)[C@@H](C)OP(=O)(O)O. The normalized spacial score (nSPS) is 20.5. The number of nitrogens with two attached hydrogens (primary N) is 1. The molecule has 11 heteroatoms. The number of primary amides is 1. The molecule has 0 aliphatic carbocycles. The second-order valence-corrected chi connectivity index (χ2v) is 5.94. The van der Waals surface area contributed by atoms with Crippen LogP contribution in [-0.2, 0) is 23.5 Å². The topological polar surface area (TPSA) is 159 Å². The van der Waals surface area contributed by atoms with Gasteiger partial charge in [0.25, 0.3) is 0 Å². The van der Waals surface area contributed by atoms with Gasteiger partial charge in [-0.1, -0.05) is 12.2 Å². The van der Waals surface area contributed by atoms with E-state index in [1.165, 1.54) is 13.0 Å². The highest BCUT2D eigenvalue weighted by atomic mass is 31.2. The standard InChI is InChI=1S/C11H18N3O7P/c1-6(21-22(18,19)20)9(13-7(2)15)11(17)14-5-3-4-8(14)10(12)16/h3-4,6,8-9H,5H2,1-2H3,(H2,12,16)(H,13,15)(H2,18,19,20)/t6-,8+,9+/m1/s1. The molecule has 0 fully saturated rings. The fourth-order valence-electron chi connectivity index (χ4n) is 2.05. The molecule has 0 aromatic rings. The Balaban J connectivity index is 2.96. The highest BCUT2D eigenvalue weighted by molar-refractivity contribution is 7.46. The third-order valence-corrected chi connectivity index (χ3v) is 3.54. The Morgan fingerprint density at radius 3 is 2.50 bits per heavy atom. The van der Waals surface area contributed by atoms with Gasteiger partial charge >= 0.3 is 7.82 Å². The largest absolute Gasteiger partial charge is 0.469 e. The summed E-state index contributed by atoms with van der Waals surface area (Å²) < 4.78 is 15.3. The van der Waals surface area contributed by atoms with Gasteiger partial charge < -0.3 is 25.7 Å². The molecule has 10 nitrogen and oxygen atoms in total. The van der Waals surface area contributed by atoms with Crippen molar-refractivity contribution in [2.75, 3.05) is 6.54 Å². The van der Waals surface area contributed by atoms with Crippen LogP contribution in [0.2, 0.25) is 0 Å². The van der Waals surface area contributed by atoms with E-state index in [1.54, 1.807) is 6.08 Å². The lowest BCUT2D eigenvalue weighted by Gasteiger charge is -2.30. The summed E-state index contributed by atoms with van der Waals surface area (Å²) in [5.41, 5.74) is 5.18. The Morgan fingerprint density at radius 1 is 1.45 bits per heavy atom. The molecule has 1 heterocycles. The Bertz CT molecular complexity index is 544. The Morgan fingerprint density at radius 2 is 2.05 bits per heavy atom. The zero-order chi connectivity index (χ0) is 17.1. The lowest BCUT2D eigenvalue weighted by molar-refractivity contribution is -0.142. The van der Waals surface area contributed by atoms with E-state index in [1.807, 2.05) is 0 Å². The van der Waals surface area contributed by atoms with E-state index in [0.29, 0.717) is 0 Å². The molecular weight excluding hydrogens is 317 g/mol. The van der Waals surface area contributed by atoms with Crippen molar-refractivity contribution in [3.63, 3.8) is 0 Å². The van der Waals surface area contributed by atoms with E-state index >= 15 is 0 Å². The minimum atomic E-state index is -4.85. The van der Waals surface area contributed by atoms with Crippen LogP contribution in [-0.4, -0.2) is 57.1 Å². The first-order valence-electron chi connectivity index (χ1n) is 6.30. The maximum atomic E-state index is 12.5. The van der Waals surface area contributed by atoms with Gasteiger partial charge in [0.05, 0.1) is 6.10 Å². The van der Waals surface area contributed by atoms with Gasteiger partial charge in [-0.15, -0.1) is 0 Å². The predicted molar refractivity (Wildman–Crippen MR) is 74.0 cm³/mol. The summed E-state index contributed by atoms with van der Waals surface area (Å²) in [6, 6.07) is -2.35. The van der Waals surface area contributed by atoms with Crippen LogP contribution >= 0.6 is 7.82 Å². The Hall–Kier alpha value is -1.74. The molecule has 0 saturated carbocycles. The average Bonchev–Trinajstić information content (AvgIpc) is 2.81. The first-order chi connectivity index (χ1) is 10.0.